The van der Waals surface area contributed by atoms with Crippen LogP contribution in [0.2, 0.25) is 0 Å². The molecule has 0 aromatic heterocycles. The molecule has 0 aliphatic carbocycles. The minimum atomic E-state index is -0.193. The second-order valence-electron chi connectivity index (χ2n) is 1.65. The molecule has 0 radical (unpaired) electrons. The minimum absolute atomic E-state index is 0.193. The number of rotatable bonds is 3. The van der Waals surface area contributed by atoms with Crippen molar-refractivity contribution in [2.24, 2.45) is 0 Å². The van der Waals surface area contributed by atoms with Gasteiger partial charge in [-0.05, 0) is 12.5 Å². The predicted octanol–water partition coefficient (Wildman–Crippen LogP) is 1.21. The number of allylic oxidation sites excluding steroid dienone is 1. The number of hydrogen-bond acceptors (Lipinski definition) is 1. The maximum Gasteiger partial charge on any atom is 0.247 e. The molecule has 50 valence electrons. The van der Waals surface area contributed by atoms with Gasteiger partial charge >= 0.3 is 0 Å². The molecule has 0 bridgehead atoms. The number of nitrogens with one attached hydrogen (secondary N) is 1. The van der Waals surface area contributed by atoms with Crippen molar-refractivity contribution in [3.8, 4) is 0 Å². The average molecular weight is 125 g/mol. The first-order valence-corrected chi connectivity index (χ1v) is 2.82. The second kappa shape index (κ2) is 3.89. The summed E-state index contributed by atoms with van der Waals surface area (Å²) < 4.78 is 0. The molecule has 0 spiro atoms. The molecule has 1 amide bonds. The van der Waals surface area contributed by atoms with Gasteiger partial charge in [0, 0.05) is 5.70 Å². The molecule has 0 rings (SSSR count). The lowest BCUT2D eigenvalue weighted by Gasteiger charge is -1.99. The highest BCUT2D eigenvalue weighted by Gasteiger charge is 1.92. The molecule has 0 heterocycles. The van der Waals surface area contributed by atoms with E-state index in [1.165, 1.54) is 6.08 Å². The summed E-state index contributed by atoms with van der Waals surface area (Å²) in [6, 6.07) is 0. The van der Waals surface area contributed by atoms with Crippen LogP contribution < -0.4 is 5.32 Å². The summed E-state index contributed by atoms with van der Waals surface area (Å²) in [6.45, 7) is 8.80. The van der Waals surface area contributed by atoms with Gasteiger partial charge in [0.15, 0.2) is 0 Å². The molecule has 0 saturated heterocycles. The lowest BCUT2D eigenvalue weighted by Crippen LogP contribution is -2.18. The van der Waals surface area contributed by atoms with Crippen molar-refractivity contribution in [1.82, 2.24) is 5.32 Å². The van der Waals surface area contributed by atoms with E-state index in [-0.39, 0.29) is 5.91 Å². The molecule has 1 N–H and O–H groups in total. The van der Waals surface area contributed by atoms with Crippen LogP contribution in [0.3, 0.4) is 0 Å². The van der Waals surface area contributed by atoms with Gasteiger partial charge in [0.2, 0.25) is 5.91 Å². The predicted molar refractivity (Wildman–Crippen MR) is 37.8 cm³/mol. The van der Waals surface area contributed by atoms with Crippen molar-refractivity contribution in [2.45, 2.75) is 13.3 Å². The zero-order valence-corrected chi connectivity index (χ0v) is 5.61. The molecule has 0 aliphatic heterocycles. The van der Waals surface area contributed by atoms with Crippen LogP contribution in [0.25, 0.3) is 0 Å². The number of hydrogen-bond donors (Lipinski definition) is 1. The maximum atomic E-state index is 10.5. The summed E-state index contributed by atoms with van der Waals surface area (Å²) in [7, 11) is 0. The van der Waals surface area contributed by atoms with Gasteiger partial charge in [0.05, 0.1) is 0 Å². The first-order valence-electron chi connectivity index (χ1n) is 2.82. The fraction of sp³-hybridized carbons (Fsp3) is 0.286. The fourth-order valence-corrected chi connectivity index (χ4v) is 0.314. The molecule has 2 heteroatoms. The second-order valence-corrected chi connectivity index (χ2v) is 1.65. The van der Waals surface area contributed by atoms with Crippen LogP contribution in [-0.2, 0) is 4.79 Å². The Morgan fingerprint density at radius 3 is 2.67 bits per heavy atom. The Balaban J connectivity index is 3.59. The minimum Gasteiger partial charge on any atom is -0.327 e. The molecule has 0 fully saturated rings. The summed E-state index contributed by atoms with van der Waals surface area (Å²) in [4.78, 5) is 10.5. The van der Waals surface area contributed by atoms with E-state index in [9.17, 15) is 4.79 Å². The SMILES string of the molecule is C=CC(=O)NC(=C)CC. The van der Waals surface area contributed by atoms with Gasteiger partial charge in [-0.1, -0.05) is 20.1 Å². The molecule has 0 atom stereocenters. The van der Waals surface area contributed by atoms with Crippen molar-refractivity contribution in [3.05, 3.63) is 24.9 Å². The molecule has 0 aromatic rings. The molecule has 0 aromatic carbocycles. The highest BCUT2D eigenvalue weighted by atomic mass is 16.1. The Kier molecular flexibility index (Phi) is 3.44. The van der Waals surface area contributed by atoms with Crippen molar-refractivity contribution in [2.75, 3.05) is 0 Å². The Bertz CT molecular complexity index is 138. The standard InChI is InChI=1S/C7H11NO/c1-4-6(3)8-7(9)5-2/h5H,2-4H2,1H3,(H,8,9). The smallest absolute Gasteiger partial charge is 0.247 e. The van der Waals surface area contributed by atoms with Crippen molar-refractivity contribution in [1.29, 1.82) is 0 Å². The molecule has 0 saturated carbocycles. The van der Waals surface area contributed by atoms with Crippen molar-refractivity contribution >= 4 is 5.91 Å². The average Bonchev–Trinajstić information content (AvgIpc) is 1.87. The van der Waals surface area contributed by atoms with Crippen LogP contribution in [-0.4, -0.2) is 5.91 Å². The lowest BCUT2D eigenvalue weighted by molar-refractivity contribution is -0.115. The van der Waals surface area contributed by atoms with Gasteiger partial charge < -0.3 is 5.32 Å². The molecular weight excluding hydrogens is 114 g/mol. The van der Waals surface area contributed by atoms with E-state index in [2.05, 4.69) is 18.5 Å². The Morgan fingerprint density at radius 2 is 2.33 bits per heavy atom. The third-order valence-corrected chi connectivity index (χ3v) is 0.912. The van der Waals surface area contributed by atoms with E-state index in [4.69, 9.17) is 0 Å². The van der Waals surface area contributed by atoms with Crippen LogP contribution in [0.5, 0.6) is 0 Å². The fourth-order valence-electron chi connectivity index (χ4n) is 0.314. The van der Waals surface area contributed by atoms with E-state index in [1.807, 2.05) is 6.92 Å². The molecule has 0 unspecified atom stereocenters. The number of carbonyl (C=O) groups excluding carboxylic acids is 1. The summed E-state index contributed by atoms with van der Waals surface area (Å²) in [5.41, 5.74) is 0.722. The summed E-state index contributed by atoms with van der Waals surface area (Å²) in [6.07, 6.45) is 1.99. The van der Waals surface area contributed by atoms with Gasteiger partial charge in [-0.15, -0.1) is 0 Å². The van der Waals surface area contributed by atoms with Gasteiger partial charge in [-0.3, -0.25) is 4.79 Å². The Labute approximate surface area is 55.3 Å². The normalized spacial score (nSPS) is 8.11. The van der Waals surface area contributed by atoms with Crippen LogP contribution in [0.15, 0.2) is 24.9 Å². The third-order valence-electron chi connectivity index (χ3n) is 0.912. The zero-order chi connectivity index (χ0) is 7.28. The largest absolute Gasteiger partial charge is 0.327 e. The monoisotopic (exact) mass is 125 g/mol. The van der Waals surface area contributed by atoms with Gasteiger partial charge in [0.25, 0.3) is 0 Å². The number of carbonyl (C=O) groups is 1. The first-order chi connectivity index (χ1) is 4.20. The quantitative estimate of drug-likeness (QED) is 0.564. The molecular formula is C7H11NO. The first kappa shape index (κ1) is 7.95. The summed E-state index contributed by atoms with van der Waals surface area (Å²) in [5.74, 6) is -0.193. The van der Waals surface area contributed by atoms with Crippen LogP contribution in [0.1, 0.15) is 13.3 Å². The van der Waals surface area contributed by atoms with Gasteiger partial charge in [0.1, 0.15) is 0 Å². The summed E-state index contributed by atoms with van der Waals surface area (Å²) >= 11 is 0. The van der Waals surface area contributed by atoms with Crippen LogP contribution in [0, 0.1) is 0 Å². The molecule has 9 heavy (non-hydrogen) atoms. The van der Waals surface area contributed by atoms with E-state index >= 15 is 0 Å². The molecule has 0 aliphatic rings. The topological polar surface area (TPSA) is 29.1 Å². The Hall–Kier alpha value is -1.05. The van der Waals surface area contributed by atoms with Crippen molar-refractivity contribution < 1.29 is 4.79 Å². The lowest BCUT2D eigenvalue weighted by atomic mass is 10.4. The summed E-state index contributed by atoms with van der Waals surface area (Å²) in [5, 5.41) is 2.53. The van der Waals surface area contributed by atoms with Crippen molar-refractivity contribution in [3.63, 3.8) is 0 Å². The number of amides is 1. The van der Waals surface area contributed by atoms with E-state index in [0.29, 0.717) is 0 Å². The maximum absolute atomic E-state index is 10.5. The van der Waals surface area contributed by atoms with Gasteiger partial charge in [-0.2, -0.15) is 0 Å². The Morgan fingerprint density at radius 1 is 1.78 bits per heavy atom. The van der Waals surface area contributed by atoms with Gasteiger partial charge in [-0.25, -0.2) is 0 Å². The third kappa shape index (κ3) is 3.53. The highest BCUT2D eigenvalue weighted by molar-refractivity contribution is 5.88. The van der Waals surface area contributed by atoms with E-state index in [0.717, 1.165) is 12.1 Å². The highest BCUT2D eigenvalue weighted by Crippen LogP contribution is 1.88. The zero-order valence-electron chi connectivity index (χ0n) is 5.61. The van der Waals surface area contributed by atoms with Crippen LogP contribution in [0.4, 0.5) is 0 Å². The van der Waals surface area contributed by atoms with E-state index < -0.39 is 0 Å². The molecule has 2 nitrogen and oxygen atoms in total. The van der Waals surface area contributed by atoms with Crippen LogP contribution >= 0.6 is 0 Å². The van der Waals surface area contributed by atoms with E-state index in [1.54, 1.807) is 0 Å².